The summed E-state index contributed by atoms with van der Waals surface area (Å²) in [6, 6.07) is 0. The molecule has 20 heavy (non-hydrogen) atoms. The summed E-state index contributed by atoms with van der Waals surface area (Å²) in [6.07, 6.45) is 0. The molecule has 3 aliphatic heterocycles. The van der Waals surface area contributed by atoms with Crippen LogP contribution in [0.5, 0.6) is 0 Å². The third kappa shape index (κ3) is 2.49. The van der Waals surface area contributed by atoms with Crippen LogP contribution >= 0.6 is 0 Å². The van der Waals surface area contributed by atoms with Crippen LogP contribution in [0, 0.1) is 9.81 Å². The number of hydrogen-bond donors (Lipinski definition) is 0. The zero-order valence-corrected chi connectivity index (χ0v) is 12.0. The van der Waals surface area contributed by atoms with Crippen molar-refractivity contribution in [3.8, 4) is 0 Å². The lowest BCUT2D eigenvalue weighted by molar-refractivity contribution is -1.03. The quantitative estimate of drug-likeness (QED) is 0.512. The molecule has 3 aliphatic rings. The predicted octanol–water partition coefficient (Wildman–Crippen LogP) is -0.372. The monoisotopic (exact) mass is 284 g/mol. The van der Waals surface area contributed by atoms with Crippen molar-refractivity contribution in [2.75, 3.05) is 78.5 Å². The molecule has 0 bridgehead atoms. The van der Waals surface area contributed by atoms with Crippen LogP contribution in [-0.2, 0) is 0 Å². The third-order valence-electron chi connectivity index (χ3n) is 5.66. The Hall–Kier alpha value is -1.28. The zero-order valence-electron chi connectivity index (χ0n) is 12.0. The van der Waals surface area contributed by atoms with Crippen molar-refractivity contribution >= 4 is 0 Å². The van der Waals surface area contributed by atoms with Crippen LogP contribution in [0.1, 0.15) is 0 Å². The minimum absolute atomic E-state index is 0.798. The summed E-state index contributed by atoms with van der Waals surface area (Å²) in [5.41, 5.74) is 0. The molecule has 3 heterocycles. The van der Waals surface area contributed by atoms with Gasteiger partial charge in [0.15, 0.2) is 0 Å². The topological polar surface area (TPSA) is 65.3 Å². The summed E-state index contributed by atoms with van der Waals surface area (Å²) in [5, 5.41) is 9.40. The van der Waals surface area contributed by atoms with Gasteiger partial charge in [-0.05, 0) is 0 Å². The van der Waals surface area contributed by atoms with Crippen LogP contribution in [0.2, 0.25) is 0 Å². The van der Waals surface area contributed by atoms with Crippen molar-refractivity contribution in [3.63, 3.8) is 0 Å². The molecule has 0 aromatic heterocycles. The number of piperazine rings is 3. The van der Waals surface area contributed by atoms with E-state index in [2.05, 4.69) is 10.6 Å². The summed E-state index contributed by atoms with van der Waals surface area (Å²) in [4.78, 5) is 21.1. The van der Waals surface area contributed by atoms with Crippen LogP contribution in [0.4, 0.5) is 0 Å². The van der Waals surface area contributed by atoms with Gasteiger partial charge in [-0.25, -0.2) is 10.0 Å². The van der Waals surface area contributed by atoms with Gasteiger partial charge in [-0.15, -0.1) is 9.81 Å². The van der Waals surface area contributed by atoms with Crippen molar-refractivity contribution in [3.05, 3.63) is 9.81 Å². The van der Waals surface area contributed by atoms with Crippen molar-refractivity contribution in [2.45, 2.75) is 0 Å². The largest absolute Gasteiger partial charge is 0.311 e. The molecule has 0 unspecified atom stereocenters. The molecule has 0 saturated carbocycles. The summed E-state index contributed by atoms with van der Waals surface area (Å²) < 4.78 is 2.31. The third-order valence-corrected chi connectivity index (χ3v) is 5.66. The van der Waals surface area contributed by atoms with Gasteiger partial charge in [0.25, 0.3) is 0 Å². The van der Waals surface area contributed by atoms with E-state index in [-0.39, 0.29) is 0 Å². The average Bonchev–Trinajstić information content (AvgIpc) is 2.52. The van der Waals surface area contributed by atoms with Crippen LogP contribution < -0.4 is 0 Å². The lowest BCUT2D eigenvalue weighted by atomic mass is 10.1. The highest BCUT2D eigenvalue weighted by molar-refractivity contribution is 4.67. The number of hydrogen-bond acceptors (Lipinski definition) is 4. The van der Waals surface area contributed by atoms with Gasteiger partial charge in [0, 0.05) is 0 Å². The Morgan fingerprint density at radius 1 is 0.550 bits per heavy atom. The fourth-order valence-electron chi connectivity index (χ4n) is 3.89. The summed E-state index contributed by atoms with van der Waals surface area (Å²) in [6.45, 7) is 12.2. The van der Waals surface area contributed by atoms with Crippen LogP contribution in [0.15, 0.2) is 10.6 Å². The summed E-state index contributed by atoms with van der Waals surface area (Å²) >= 11 is 0. The van der Waals surface area contributed by atoms with Gasteiger partial charge in [-0.2, -0.15) is 0 Å². The van der Waals surface area contributed by atoms with E-state index in [0.29, 0.717) is 0 Å². The maximum absolute atomic E-state index is 10.6. The van der Waals surface area contributed by atoms with Gasteiger partial charge in [0.2, 0.25) is 0 Å². The smallest absolute Gasteiger partial charge is 0.129 e. The normalized spacial score (nSPS) is 28.6. The molecule has 0 aromatic rings. The van der Waals surface area contributed by atoms with Crippen molar-refractivity contribution < 1.29 is 8.97 Å². The molecular formula is C12H24N6O2+2. The zero-order chi connectivity index (χ0) is 14.1. The van der Waals surface area contributed by atoms with Gasteiger partial charge in [-0.1, -0.05) is 0 Å². The Morgan fingerprint density at radius 3 is 1.10 bits per heavy atom. The van der Waals surface area contributed by atoms with E-state index in [9.17, 15) is 9.81 Å². The van der Waals surface area contributed by atoms with E-state index in [1.54, 1.807) is 10.0 Å². The van der Waals surface area contributed by atoms with Gasteiger partial charge in [-0.3, -0.25) is 0 Å². The van der Waals surface area contributed by atoms with Crippen LogP contribution in [0.25, 0.3) is 0 Å². The lowest BCUT2D eigenvalue weighted by Gasteiger charge is -2.53. The van der Waals surface area contributed by atoms with Gasteiger partial charge < -0.3 is 8.97 Å². The molecule has 0 aliphatic carbocycles. The first-order valence-electron chi connectivity index (χ1n) is 7.56. The molecule has 3 rings (SSSR count). The molecule has 0 atom stereocenters. The van der Waals surface area contributed by atoms with Gasteiger partial charge in [0.1, 0.15) is 26.2 Å². The first-order chi connectivity index (χ1) is 9.69. The highest BCUT2D eigenvalue weighted by atomic mass is 16.3. The standard InChI is InChI=1S/C12H24N6O2/c19-13-15-1-5-17(6-2-15)9-11-18(12-10-17)7-3-16(14-20)4-8-18/h1-12H2/q+2. The van der Waals surface area contributed by atoms with Gasteiger partial charge >= 0.3 is 0 Å². The molecule has 0 radical (unpaired) electrons. The summed E-state index contributed by atoms with van der Waals surface area (Å²) in [5.74, 6) is 0. The van der Waals surface area contributed by atoms with E-state index < -0.39 is 0 Å². The van der Waals surface area contributed by atoms with Crippen LogP contribution in [0.3, 0.4) is 0 Å². The van der Waals surface area contributed by atoms with E-state index in [4.69, 9.17) is 0 Å². The first kappa shape index (κ1) is 13.7. The Balaban J connectivity index is 1.55. The Bertz CT molecular complexity index is 326. The first-order valence-corrected chi connectivity index (χ1v) is 7.56. The van der Waals surface area contributed by atoms with Crippen molar-refractivity contribution in [1.82, 2.24) is 10.0 Å². The molecule has 3 fully saturated rings. The summed E-state index contributed by atoms with van der Waals surface area (Å²) in [7, 11) is 0. The molecule has 0 N–H and O–H groups in total. The minimum atomic E-state index is 0.798. The molecule has 0 aromatic carbocycles. The highest BCUT2D eigenvalue weighted by Gasteiger charge is 2.45. The number of nitroso groups, excluding NO2 is 2. The number of quaternary nitrogens is 2. The van der Waals surface area contributed by atoms with Crippen molar-refractivity contribution in [2.24, 2.45) is 10.6 Å². The minimum Gasteiger partial charge on any atom is -0.311 e. The molecular weight excluding hydrogens is 260 g/mol. The van der Waals surface area contributed by atoms with Crippen LogP contribution in [-0.4, -0.2) is 97.5 Å². The highest BCUT2D eigenvalue weighted by Crippen LogP contribution is 2.24. The fraction of sp³-hybridized carbons (Fsp3) is 1.00. The Labute approximate surface area is 119 Å². The predicted molar refractivity (Wildman–Crippen MR) is 74.2 cm³/mol. The average molecular weight is 284 g/mol. The maximum atomic E-state index is 10.6. The second-order valence-electron chi connectivity index (χ2n) is 6.54. The van der Waals surface area contributed by atoms with E-state index >= 15 is 0 Å². The number of nitrogens with zero attached hydrogens (tertiary/aromatic N) is 6. The second-order valence-corrected chi connectivity index (χ2v) is 6.54. The van der Waals surface area contributed by atoms with Crippen molar-refractivity contribution in [1.29, 1.82) is 0 Å². The molecule has 0 amide bonds. The van der Waals surface area contributed by atoms with E-state index in [1.165, 1.54) is 26.2 Å². The molecule has 2 spiro atoms. The molecule has 112 valence electrons. The van der Waals surface area contributed by atoms with Gasteiger partial charge in [0.05, 0.1) is 62.9 Å². The molecule has 8 heteroatoms. The number of rotatable bonds is 2. The Morgan fingerprint density at radius 2 is 0.850 bits per heavy atom. The SMILES string of the molecule is O=NN1CC[N+]2(CC1)CC[N+]1(CCN(N=O)CC1)CC2. The van der Waals surface area contributed by atoms with E-state index in [0.717, 1.165) is 61.3 Å². The maximum Gasteiger partial charge on any atom is 0.129 e. The fourth-order valence-corrected chi connectivity index (χ4v) is 3.89. The molecule has 3 saturated heterocycles. The lowest BCUT2D eigenvalue weighted by Crippen LogP contribution is -2.72. The Kier molecular flexibility index (Phi) is 3.59. The van der Waals surface area contributed by atoms with E-state index in [1.807, 2.05) is 0 Å². The second kappa shape index (κ2) is 5.25. The molecule has 8 nitrogen and oxygen atoms in total.